The molecule has 2 rings (SSSR count). The fraction of sp³-hybridized carbons (Fsp3) is 0.0714. The SMILES string of the molecule is O=C(Nc1cc(C#CCO)ccn1)c1ccncc1F. The summed E-state index contributed by atoms with van der Waals surface area (Å²) in [4.78, 5) is 19.4. The van der Waals surface area contributed by atoms with Gasteiger partial charge in [-0.2, -0.15) is 0 Å². The van der Waals surface area contributed by atoms with Gasteiger partial charge in [0.05, 0.1) is 11.8 Å². The minimum absolute atomic E-state index is 0.117. The Hall–Kier alpha value is -2.78. The lowest BCUT2D eigenvalue weighted by Gasteiger charge is -2.05. The van der Waals surface area contributed by atoms with Gasteiger partial charge in [0.1, 0.15) is 12.4 Å². The van der Waals surface area contributed by atoms with Gasteiger partial charge < -0.3 is 10.4 Å². The van der Waals surface area contributed by atoms with Gasteiger partial charge in [0.15, 0.2) is 5.82 Å². The second kappa shape index (κ2) is 6.41. The second-order valence-corrected chi connectivity index (χ2v) is 3.70. The van der Waals surface area contributed by atoms with Crippen LogP contribution in [0.1, 0.15) is 15.9 Å². The Morgan fingerprint density at radius 1 is 1.40 bits per heavy atom. The summed E-state index contributed by atoms with van der Waals surface area (Å²) < 4.78 is 13.4. The number of aromatic nitrogens is 2. The van der Waals surface area contributed by atoms with Crippen LogP contribution < -0.4 is 5.32 Å². The Labute approximate surface area is 114 Å². The zero-order valence-corrected chi connectivity index (χ0v) is 10.3. The maximum atomic E-state index is 13.4. The van der Waals surface area contributed by atoms with Crippen LogP contribution in [0, 0.1) is 17.7 Å². The second-order valence-electron chi connectivity index (χ2n) is 3.70. The van der Waals surface area contributed by atoms with Crippen LogP contribution in [0.2, 0.25) is 0 Å². The number of pyridine rings is 2. The zero-order chi connectivity index (χ0) is 14.4. The lowest BCUT2D eigenvalue weighted by atomic mass is 10.2. The molecule has 0 spiro atoms. The molecule has 0 bridgehead atoms. The van der Waals surface area contributed by atoms with Gasteiger partial charge in [-0.25, -0.2) is 9.37 Å². The van der Waals surface area contributed by atoms with Crippen molar-refractivity contribution in [3.05, 3.63) is 53.7 Å². The Bertz CT molecular complexity index is 692. The lowest BCUT2D eigenvalue weighted by molar-refractivity contribution is 0.102. The predicted octanol–water partition coefficient (Wildman–Crippen LogP) is 1.21. The minimum atomic E-state index is -0.707. The van der Waals surface area contributed by atoms with Crippen LogP contribution in [0.3, 0.4) is 0 Å². The third-order valence-electron chi connectivity index (χ3n) is 2.33. The van der Waals surface area contributed by atoms with Crippen molar-refractivity contribution in [3.8, 4) is 11.8 Å². The summed E-state index contributed by atoms with van der Waals surface area (Å²) in [6.45, 7) is -0.258. The number of rotatable bonds is 2. The molecule has 0 atom stereocenters. The minimum Gasteiger partial charge on any atom is -0.384 e. The average molecular weight is 271 g/mol. The Balaban J connectivity index is 2.18. The molecule has 0 aliphatic rings. The number of halogens is 1. The van der Waals surface area contributed by atoms with Crippen molar-refractivity contribution < 1.29 is 14.3 Å². The Kier molecular flexibility index (Phi) is 4.37. The van der Waals surface area contributed by atoms with Crippen LogP contribution >= 0.6 is 0 Å². The highest BCUT2D eigenvalue weighted by Crippen LogP contribution is 2.10. The van der Waals surface area contributed by atoms with Crippen LogP contribution in [-0.2, 0) is 0 Å². The van der Waals surface area contributed by atoms with Gasteiger partial charge in [-0.05, 0) is 18.2 Å². The number of anilines is 1. The quantitative estimate of drug-likeness (QED) is 0.805. The molecule has 100 valence electrons. The maximum Gasteiger partial charge on any atom is 0.259 e. The molecule has 2 aromatic rings. The van der Waals surface area contributed by atoms with Crippen molar-refractivity contribution in [2.45, 2.75) is 0 Å². The first kappa shape index (κ1) is 13.6. The van der Waals surface area contributed by atoms with Crippen LogP contribution in [0.4, 0.5) is 10.2 Å². The molecule has 6 heteroatoms. The van der Waals surface area contributed by atoms with E-state index in [1.165, 1.54) is 24.5 Å². The molecule has 0 aliphatic carbocycles. The third kappa shape index (κ3) is 3.37. The normalized spacial score (nSPS) is 9.50. The van der Waals surface area contributed by atoms with Gasteiger partial charge in [-0.3, -0.25) is 9.78 Å². The number of amides is 1. The molecule has 1 amide bonds. The van der Waals surface area contributed by atoms with Crippen LogP contribution in [0.5, 0.6) is 0 Å². The summed E-state index contributed by atoms with van der Waals surface area (Å²) in [5, 5.41) is 11.1. The van der Waals surface area contributed by atoms with Gasteiger partial charge in [-0.15, -0.1) is 0 Å². The average Bonchev–Trinajstić information content (AvgIpc) is 2.46. The van der Waals surface area contributed by atoms with E-state index in [9.17, 15) is 9.18 Å². The Morgan fingerprint density at radius 2 is 2.25 bits per heavy atom. The van der Waals surface area contributed by atoms with Crippen molar-refractivity contribution in [1.29, 1.82) is 0 Å². The van der Waals surface area contributed by atoms with Crippen molar-refractivity contribution in [2.24, 2.45) is 0 Å². The first-order valence-corrected chi connectivity index (χ1v) is 5.67. The van der Waals surface area contributed by atoms with E-state index in [-0.39, 0.29) is 18.0 Å². The molecule has 0 saturated heterocycles. The summed E-state index contributed by atoms with van der Waals surface area (Å²) in [6, 6.07) is 4.44. The molecule has 2 N–H and O–H groups in total. The molecular formula is C14H10FN3O2. The highest BCUT2D eigenvalue weighted by Gasteiger charge is 2.11. The standard InChI is InChI=1S/C14H10FN3O2/c15-12-9-16-5-4-11(12)14(20)18-13-8-10(2-1-7-19)3-6-17-13/h3-6,8-9,19H,7H2,(H,17,18,20). The highest BCUT2D eigenvalue weighted by molar-refractivity contribution is 6.03. The number of carbonyl (C=O) groups is 1. The molecule has 2 aromatic heterocycles. The van der Waals surface area contributed by atoms with E-state index < -0.39 is 11.7 Å². The van der Waals surface area contributed by atoms with Crippen molar-refractivity contribution >= 4 is 11.7 Å². The summed E-state index contributed by atoms with van der Waals surface area (Å²) >= 11 is 0. The summed E-state index contributed by atoms with van der Waals surface area (Å²) in [5.41, 5.74) is 0.466. The van der Waals surface area contributed by atoms with E-state index >= 15 is 0 Å². The number of aliphatic hydroxyl groups excluding tert-OH is 1. The van der Waals surface area contributed by atoms with E-state index in [4.69, 9.17) is 5.11 Å². The largest absolute Gasteiger partial charge is 0.384 e. The third-order valence-corrected chi connectivity index (χ3v) is 2.33. The van der Waals surface area contributed by atoms with Crippen LogP contribution in [-0.4, -0.2) is 27.6 Å². The fourth-order valence-electron chi connectivity index (χ4n) is 1.46. The van der Waals surface area contributed by atoms with Crippen LogP contribution in [0.15, 0.2) is 36.8 Å². The molecule has 5 nitrogen and oxygen atoms in total. The first-order chi connectivity index (χ1) is 9.70. The van der Waals surface area contributed by atoms with Gasteiger partial charge >= 0.3 is 0 Å². The monoisotopic (exact) mass is 271 g/mol. The van der Waals surface area contributed by atoms with E-state index in [2.05, 4.69) is 27.1 Å². The predicted molar refractivity (Wildman–Crippen MR) is 70.3 cm³/mol. The fourth-order valence-corrected chi connectivity index (χ4v) is 1.46. The molecule has 0 aliphatic heterocycles. The van der Waals surface area contributed by atoms with Gasteiger partial charge in [-0.1, -0.05) is 11.8 Å². The number of hydrogen-bond donors (Lipinski definition) is 2. The lowest BCUT2D eigenvalue weighted by Crippen LogP contribution is -2.14. The van der Waals surface area contributed by atoms with Gasteiger partial charge in [0.25, 0.3) is 5.91 Å². The van der Waals surface area contributed by atoms with E-state index in [0.717, 1.165) is 6.20 Å². The molecule has 0 saturated carbocycles. The van der Waals surface area contributed by atoms with Crippen molar-refractivity contribution in [3.63, 3.8) is 0 Å². The summed E-state index contributed by atoms with van der Waals surface area (Å²) in [5.74, 6) is 4.08. The number of nitrogens with zero attached hydrogens (tertiary/aromatic N) is 2. The first-order valence-electron chi connectivity index (χ1n) is 5.67. The number of hydrogen-bond acceptors (Lipinski definition) is 4. The van der Waals surface area contributed by atoms with Gasteiger partial charge in [0.2, 0.25) is 0 Å². The van der Waals surface area contributed by atoms with E-state index in [0.29, 0.717) is 5.56 Å². The molecule has 0 radical (unpaired) electrons. The molecular weight excluding hydrogens is 261 g/mol. The molecule has 0 unspecified atom stereocenters. The summed E-state index contributed by atoms with van der Waals surface area (Å²) in [6.07, 6.45) is 3.75. The van der Waals surface area contributed by atoms with Crippen molar-refractivity contribution in [1.82, 2.24) is 9.97 Å². The molecule has 0 aromatic carbocycles. The number of aliphatic hydroxyl groups is 1. The van der Waals surface area contributed by atoms with Crippen LogP contribution in [0.25, 0.3) is 0 Å². The highest BCUT2D eigenvalue weighted by atomic mass is 19.1. The summed E-state index contributed by atoms with van der Waals surface area (Å²) in [7, 11) is 0. The van der Waals surface area contributed by atoms with Gasteiger partial charge in [0, 0.05) is 18.0 Å². The topological polar surface area (TPSA) is 75.1 Å². The smallest absolute Gasteiger partial charge is 0.259 e. The number of carbonyl (C=O) groups excluding carboxylic acids is 1. The number of nitrogens with one attached hydrogen (secondary N) is 1. The maximum absolute atomic E-state index is 13.4. The zero-order valence-electron chi connectivity index (χ0n) is 10.3. The molecule has 20 heavy (non-hydrogen) atoms. The van der Waals surface area contributed by atoms with E-state index in [1.807, 2.05) is 0 Å². The molecule has 2 heterocycles. The Morgan fingerprint density at radius 3 is 3.00 bits per heavy atom. The van der Waals surface area contributed by atoms with E-state index in [1.54, 1.807) is 6.07 Å². The molecule has 0 fully saturated rings. The van der Waals surface area contributed by atoms with Crippen molar-refractivity contribution in [2.75, 3.05) is 11.9 Å².